The van der Waals surface area contributed by atoms with E-state index in [1.54, 1.807) is 0 Å². The highest BCUT2D eigenvalue weighted by Gasteiger charge is 2.20. The molecule has 20 heavy (non-hydrogen) atoms. The van der Waals surface area contributed by atoms with Gasteiger partial charge in [0.2, 0.25) is 0 Å². The first-order chi connectivity index (χ1) is 9.90. The Hall–Kier alpha value is -1.19. The smallest absolute Gasteiger partial charge is 0.0271 e. The Kier molecular flexibility index (Phi) is 4.82. The van der Waals surface area contributed by atoms with Crippen molar-refractivity contribution in [3.05, 3.63) is 42.2 Å². The molecule has 0 aromatic carbocycles. The van der Waals surface area contributed by atoms with Crippen LogP contribution in [0.4, 0.5) is 0 Å². The monoisotopic (exact) mass is 271 g/mol. The lowest BCUT2D eigenvalue weighted by atomic mass is 9.94. The average molecular weight is 271 g/mol. The molecule has 0 saturated carbocycles. The molecule has 0 bridgehead atoms. The number of rotatable bonds is 4. The van der Waals surface area contributed by atoms with Crippen LogP contribution in [-0.4, -0.2) is 47.5 Å². The summed E-state index contributed by atoms with van der Waals surface area (Å²) in [7, 11) is 0. The molecule has 1 atom stereocenters. The van der Waals surface area contributed by atoms with Crippen LogP contribution in [0.3, 0.4) is 0 Å². The molecule has 2 aliphatic rings. The second-order valence-electron chi connectivity index (χ2n) is 6.08. The van der Waals surface area contributed by atoms with Crippen molar-refractivity contribution in [3.8, 4) is 0 Å². The largest absolute Gasteiger partial charge is 0.301 e. The lowest BCUT2D eigenvalue weighted by molar-refractivity contribution is 0.111. The maximum Gasteiger partial charge on any atom is 0.0271 e. The van der Waals surface area contributed by atoms with Crippen molar-refractivity contribution >= 4 is 0 Å². The van der Waals surface area contributed by atoms with Crippen LogP contribution in [-0.2, 0) is 6.54 Å². The highest BCUT2D eigenvalue weighted by Crippen LogP contribution is 2.20. The Balaban J connectivity index is 1.41. The van der Waals surface area contributed by atoms with Gasteiger partial charge in [-0.05, 0) is 42.9 Å². The minimum absolute atomic E-state index is 0.895. The molecule has 0 unspecified atom stereocenters. The van der Waals surface area contributed by atoms with Crippen LogP contribution in [0.25, 0.3) is 0 Å². The van der Waals surface area contributed by atoms with E-state index in [0.717, 1.165) is 12.5 Å². The molecule has 108 valence electrons. The molecule has 1 aromatic rings. The van der Waals surface area contributed by atoms with Crippen molar-refractivity contribution in [2.45, 2.75) is 25.8 Å². The van der Waals surface area contributed by atoms with Crippen molar-refractivity contribution in [2.24, 2.45) is 5.92 Å². The van der Waals surface area contributed by atoms with Gasteiger partial charge in [-0.2, -0.15) is 0 Å². The summed E-state index contributed by atoms with van der Waals surface area (Å²) in [5, 5.41) is 0. The molecule has 1 aliphatic carbocycles. The van der Waals surface area contributed by atoms with Gasteiger partial charge in [0.05, 0.1) is 0 Å². The third-order valence-corrected chi connectivity index (χ3v) is 4.51. The van der Waals surface area contributed by atoms with Gasteiger partial charge in [-0.3, -0.25) is 9.88 Å². The molecule has 1 aliphatic heterocycles. The quantitative estimate of drug-likeness (QED) is 0.785. The van der Waals surface area contributed by atoms with E-state index in [4.69, 9.17) is 0 Å². The van der Waals surface area contributed by atoms with Crippen LogP contribution in [0.5, 0.6) is 0 Å². The summed E-state index contributed by atoms with van der Waals surface area (Å²) in [6.45, 7) is 7.22. The Morgan fingerprint density at radius 1 is 1.00 bits per heavy atom. The topological polar surface area (TPSA) is 19.4 Å². The zero-order valence-electron chi connectivity index (χ0n) is 12.2. The molecule has 0 spiro atoms. The summed E-state index contributed by atoms with van der Waals surface area (Å²) in [5.74, 6) is 0.895. The molecule has 3 nitrogen and oxygen atoms in total. The summed E-state index contributed by atoms with van der Waals surface area (Å²) in [6.07, 6.45) is 12.4. The highest BCUT2D eigenvalue weighted by atomic mass is 15.3. The van der Waals surface area contributed by atoms with E-state index >= 15 is 0 Å². The zero-order chi connectivity index (χ0) is 13.6. The third-order valence-electron chi connectivity index (χ3n) is 4.51. The minimum atomic E-state index is 0.895. The van der Waals surface area contributed by atoms with E-state index in [9.17, 15) is 0 Å². The van der Waals surface area contributed by atoms with Crippen LogP contribution in [0.1, 0.15) is 24.8 Å². The van der Waals surface area contributed by atoms with Gasteiger partial charge >= 0.3 is 0 Å². The second kappa shape index (κ2) is 7.00. The first kappa shape index (κ1) is 13.8. The SMILES string of the molecule is C1=CC[C@H](CN2CCN(Cc3ccncc3)CC2)CC1. The predicted molar refractivity (Wildman–Crippen MR) is 82.4 cm³/mol. The fraction of sp³-hybridized carbons (Fsp3) is 0.588. The molecular weight excluding hydrogens is 246 g/mol. The molecule has 1 fully saturated rings. The lowest BCUT2D eigenvalue weighted by Gasteiger charge is -2.36. The maximum absolute atomic E-state index is 4.08. The summed E-state index contributed by atoms with van der Waals surface area (Å²) in [5.41, 5.74) is 1.38. The maximum atomic E-state index is 4.08. The lowest BCUT2D eigenvalue weighted by Crippen LogP contribution is -2.47. The molecule has 3 heteroatoms. The van der Waals surface area contributed by atoms with Gasteiger partial charge in [0.15, 0.2) is 0 Å². The molecule has 0 radical (unpaired) electrons. The standard InChI is InChI=1S/C17H25N3/c1-2-4-16(5-3-1)14-19-10-12-20(13-11-19)15-17-6-8-18-9-7-17/h1-2,6-9,16H,3-5,10-15H2/t16-/m0/s1. The van der Waals surface area contributed by atoms with Gasteiger partial charge in [0.25, 0.3) is 0 Å². The van der Waals surface area contributed by atoms with E-state index in [-0.39, 0.29) is 0 Å². The summed E-state index contributed by atoms with van der Waals surface area (Å²) < 4.78 is 0. The fourth-order valence-electron chi connectivity index (χ4n) is 3.26. The number of aromatic nitrogens is 1. The van der Waals surface area contributed by atoms with Crippen LogP contribution in [0, 0.1) is 5.92 Å². The van der Waals surface area contributed by atoms with Crippen LogP contribution < -0.4 is 0 Å². The first-order valence-electron chi connectivity index (χ1n) is 7.89. The van der Waals surface area contributed by atoms with Gasteiger partial charge in [-0.25, -0.2) is 0 Å². The predicted octanol–water partition coefficient (Wildman–Crippen LogP) is 2.56. The molecule has 1 aromatic heterocycles. The minimum Gasteiger partial charge on any atom is -0.301 e. The number of allylic oxidation sites excluding steroid dienone is 2. The zero-order valence-corrected chi connectivity index (χ0v) is 12.2. The summed E-state index contributed by atoms with van der Waals surface area (Å²) in [4.78, 5) is 9.30. The Labute approximate surface area is 122 Å². The van der Waals surface area contributed by atoms with E-state index in [2.05, 4.69) is 39.1 Å². The molecule has 2 heterocycles. The van der Waals surface area contributed by atoms with Crippen molar-refractivity contribution in [3.63, 3.8) is 0 Å². The Morgan fingerprint density at radius 3 is 2.45 bits per heavy atom. The summed E-state index contributed by atoms with van der Waals surface area (Å²) in [6, 6.07) is 4.25. The Morgan fingerprint density at radius 2 is 1.75 bits per heavy atom. The number of nitrogens with zero attached hydrogens (tertiary/aromatic N) is 3. The van der Waals surface area contributed by atoms with Crippen molar-refractivity contribution in [1.82, 2.24) is 14.8 Å². The van der Waals surface area contributed by atoms with Crippen LogP contribution in [0.15, 0.2) is 36.7 Å². The van der Waals surface area contributed by atoms with Gasteiger partial charge < -0.3 is 4.90 Å². The van der Waals surface area contributed by atoms with Crippen molar-refractivity contribution in [1.29, 1.82) is 0 Å². The Bertz CT molecular complexity index is 421. The van der Waals surface area contributed by atoms with Gasteiger partial charge in [0, 0.05) is 51.7 Å². The molecule has 0 N–H and O–H groups in total. The highest BCUT2D eigenvalue weighted by molar-refractivity contribution is 5.09. The van der Waals surface area contributed by atoms with E-state index in [1.807, 2.05) is 12.4 Å². The first-order valence-corrected chi connectivity index (χ1v) is 7.89. The second-order valence-corrected chi connectivity index (χ2v) is 6.08. The molecular formula is C17H25N3. The van der Waals surface area contributed by atoms with E-state index in [0.29, 0.717) is 0 Å². The normalized spacial score (nSPS) is 24.9. The van der Waals surface area contributed by atoms with E-state index < -0.39 is 0 Å². The number of pyridine rings is 1. The van der Waals surface area contributed by atoms with Gasteiger partial charge in [-0.15, -0.1) is 0 Å². The van der Waals surface area contributed by atoms with Crippen LogP contribution >= 0.6 is 0 Å². The van der Waals surface area contributed by atoms with Crippen molar-refractivity contribution in [2.75, 3.05) is 32.7 Å². The molecule has 3 rings (SSSR count). The van der Waals surface area contributed by atoms with Gasteiger partial charge in [-0.1, -0.05) is 12.2 Å². The van der Waals surface area contributed by atoms with Crippen molar-refractivity contribution < 1.29 is 0 Å². The fourth-order valence-corrected chi connectivity index (χ4v) is 3.26. The number of piperazine rings is 1. The average Bonchev–Trinajstić information content (AvgIpc) is 2.51. The van der Waals surface area contributed by atoms with Crippen LogP contribution in [0.2, 0.25) is 0 Å². The third kappa shape index (κ3) is 3.90. The number of hydrogen-bond donors (Lipinski definition) is 0. The number of hydrogen-bond acceptors (Lipinski definition) is 3. The van der Waals surface area contributed by atoms with Gasteiger partial charge in [0.1, 0.15) is 0 Å². The summed E-state index contributed by atoms with van der Waals surface area (Å²) >= 11 is 0. The van der Waals surface area contributed by atoms with E-state index in [1.165, 1.54) is 57.5 Å². The molecule has 1 saturated heterocycles. The molecule has 0 amide bonds.